The fourth-order valence-electron chi connectivity index (χ4n) is 2.01. The van der Waals surface area contributed by atoms with Crippen molar-refractivity contribution in [2.24, 2.45) is 0 Å². The lowest BCUT2D eigenvalue weighted by Gasteiger charge is -2.08. The zero-order valence-corrected chi connectivity index (χ0v) is 13.7. The molecule has 1 amide bonds. The molecule has 106 valence electrons. The van der Waals surface area contributed by atoms with E-state index >= 15 is 0 Å². The van der Waals surface area contributed by atoms with E-state index in [-0.39, 0.29) is 5.91 Å². The average molecular weight is 384 g/mol. The zero-order chi connectivity index (χ0) is 15.0. The molecule has 0 saturated heterocycles. The number of hydrogen-bond acceptors (Lipinski definition) is 1. The summed E-state index contributed by atoms with van der Waals surface area (Å²) < 4.78 is 0.678. The number of rotatable bonds is 2. The molecule has 1 aromatic heterocycles. The lowest BCUT2D eigenvalue weighted by atomic mass is 10.2. The standard InChI is InChI=1S/C15H9BrCl2N2O/c16-9-5-6-11(14(18)13(9)17)20-15(21)12-7-8-3-1-2-4-10(8)19-12/h1-7,19H,(H,20,21). The highest BCUT2D eigenvalue weighted by molar-refractivity contribution is 9.10. The Hall–Kier alpha value is -1.49. The van der Waals surface area contributed by atoms with Crippen LogP contribution in [-0.4, -0.2) is 10.9 Å². The molecule has 0 spiro atoms. The van der Waals surface area contributed by atoms with Crippen molar-refractivity contribution in [2.45, 2.75) is 0 Å². The molecule has 6 heteroatoms. The Labute approximate surface area is 139 Å². The Morgan fingerprint density at radius 3 is 2.62 bits per heavy atom. The first kappa shape index (κ1) is 14.4. The van der Waals surface area contributed by atoms with E-state index < -0.39 is 0 Å². The molecule has 0 saturated carbocycles. The number of aromatic nitrogens is 1. The Morgan fingerprint density at radius 2 is 1.86 bits per heavy atom. The molecule has 0 bridgehead atoms. The van der Waals surface area contributed by atoms with Gasteiger partial charge in [0.15, 0.2) is 0 Å². The molecule has 2 N–H and O–H groups in total. The number of anilines is 1. The van der Waals surface area contributed by atoms with Gasteiger partial charge in [0.2, 0.25) is 0 Å². The summed E-state index contributed by atoms with van der Waals surface area (Å²) in [5.41, 5.74) is 1.84. The van der Waals surface area contributed by atoms with Crippen LogP contribution in [0.25, 0.3) is 10.9 Å². The number of amides is 1. The Kier molecular flexibility index (Phi) is 3.93. The molecule has 0 aliphatic rings. The molecular formula is C15H9BrCl2N2O. The fraction of sp³-hybridized carbons (Fsp3) is 0. The third kappa shape index (κ3) is 2.79. The fourth-order valence-corrected chi connectivity index (χ4v) is 2.83. The summed E-state index contributed by atoms with van der Waals surface area (Å²) in [7, 11) is 0. The molecule has 3 aromatic rings. The molecule has 0 fully saturated rings. The van der Waals surface area contributed by atoms with Crippen molar-refractivity contribution in [3.05, 3.63) is 62.7 Å². The van der Waals surface area contributed by atoms with Gasteiger partial charge in [-0.05, 0) is 40.2 Å². The van der Waals surface area contributed by atoms with Crippen LogP contribution in [0.4, 0.5) is 5.69 Å². The van der Waals surface area contributed by atoms with Gasteiger partial charge in [0.25, 0.3) is 5.91 Å². The van der Waals surface area contributed by atoms with E-state index in [1.807, 2.05) is 24.3 Å². The number of carbonyl (C=O) groups excluding carboxylic acids is 1. The van der Waals surface area contributed by atoms with Gasteiger partial charge < -0.3 is 10.3 Å². The van der Waals surface area contributed by atoms with E-state index in [0.29, 0.717) is 25.9 Å². The molecule has 21 heavy (non-hydrogen) atoms. The van der Waals surface area contributed by atoms with Crippen molar-refractivity contribution >= 4 is 61.6 Å². The van der Waals surface area contributed by atoms with Crippen molar-refractivity contribution in [2.75, 3.05) is 5.32 Å². The van der Waals surface area contributed by atoms with Gasteiger partial charge in [-0.2, -0.15) is 0 Å². The van der Waals surface area contributed by atoms with Crippen LogP contribution in [0, 0.1) is 0 Å². The molecule has 0 aliphatic carbocycles. The molecule has 0 atom stereocenters. The van der Waals surface area contributed by atoms with Crippen molar-refractivity contribution in [1.29, 1.82) is 0 Å². The summed E-state index contributed by atoms with van der Waals surface area (Å²) in [5.74, 6) is -0.272. The van der Waals surface area contributed by atoms with Gasteiger partial charge in [-0.15, -0.1) is 0 Å². The second-order valence-corrected chi connectivity index (χ2v) is 6.06. The third-order valence-electron chi connectivity index (χ3n) is 3.06. The van der Waals surface area contributed by atoms with Crippen molar-refractivity contribution in [3.63, 3.8) is 0 Å². The second kappa shape index (κ2) is 5.72. The summed E-state index contributed by atoms with van der Waals surface area (Å²) in [6.45, 7) is 0. The van der Waals surface area contributed by atoms with Crippen LogP contribution in [0.15, 0.2) is 46.9 Å². The summed E-state index contributed by atoms with van der Waals surface area (Å²) in [4.78, 5) is 15.3. The maximum Gasteiger partial charge on any atom is 0.272 e. The van der Waals surface area contributed by atoms with E-state index in [2.05, 4.69) is 26.2 Å². The van der Waals surface area contributed by atoms with Gasteiger partial charge in [-0.25, -0.2) is 0 Å². The number of carbonyl (C=O) groups is 1. The first-order valence-electron chi connectivity index (χ1n) is 6.09. The number of aromatic amines is 1. The highest BCUT2D eigenvalue weighted by Gasteiger charge is 2.14. The van der Waals surface area contributed by atoms with Crippen molar-refractivity contribution in [1.82, 2.24) is 4.98 Å². The quantitative estimate of drug-likeness (QED) is 0.564. The first-order valence-corrected chi connectivity index (χ1v) is 7.64. The lowest BCUT2D eigenvalue weighted by molar-refractivity contribution is 0.102. The van der Waals surface area contributed by atoms with E-state index in [9.17, 15) is 4.79 Å². The predicted molar refractivity (Wildman–Crippen MR) is 90.4 cm³/mol. The minimum absolute atomic E-state index is 0.272. The molecule has 2 aromatic carbocycles. The molecule has 1 heterocycles. The molecule has 0 unspecified atom stereocenters. The van der Waals surface area contributed by atoms with Crippen LogP contribution in [0.1, 0.15) is 10.5 Å². The largest absolute Gasteiger partial charge is 0.351 e. The van der Waals surface area contributed by atoms with E-state index in [0.717, 1.165) is 10.9 Å². The Bertz CT molecular complexity index is 812. The van der Waals surface area contributed by atoms with Crippen molar-refractivity contribution in [3.8, 4) is 0 Å². The summed E-state index contributed by atoms with van der Waals surface area (Å²) >= 11 is 15.4. The Morgan fingerprint density at radius 1 is 1.10 bits per heavy atom. The van der Waals surface area contributed by atoms with E-state index in [1.54, 1.807) is 18.2 Å². The number of benzene rings is 2. The maximum atomic E-state index is 12.3. The maximum absolute atomic E-state index is 12.3. The number of halogens is 3. The SMILES string of the molecule is O=C(Nc1ccc(Br)c(Cl)c1Cl)c1cc2ccccc2[nH]1. The van der Waals surface area contributed by atoms with Gasteiger partial charge in [-0.3, -0.25) is 4.79 Å². The van der Waals surface area contributed by atoms with Crippen LogP contribution < -0.4 is 5.32 Å². The van der Waals surface area contributed by atoms with E-state index in [1.165, 1.54) is 0 Å². The summed E-state index contributed by atoms with van der Waals surface area (Å²) in [6.07, 6.45) is 0. The number of para-hydroxylation sites is 1. The van der Waals surface area contributed by atoms with Gasteiger partial charge in [0.1, 0.15) is 5.69 Å². The highest BCUT2D eigenvalue weighted by Crippen LogP contribution is 2.36. The molecule has 3 nitrogen and oxygen atoms in total. The summed E-state index contributed by atoms with van der Waals surface area (Å²) in [6, 6.07) is 12.9. The smallest absolute Gasteiger partial charge is 0.272 e. The second-order valence-electron chi connectivity index (χ2n) is 4.45. The van der Waals surface area contributed by atoms with Crippen LogP contribution in [0.5, 0.6) is 0 Å². The minimum atomic E-state index is -0.272. The molecule has 0 radical (unpaired) electrons. The molecule has 3 rings (SSSR count). The zero-order valence-electron chi connectivity index (χ0n) is 10.6. The monoisotopic (exact) mass is 382 g/mol. The van der Waals surface area contributed by atoms with Crippen LogP contribution in [-0.2, 0) is 0 Å². The van der Waals surface area contributed by atoms with Gasteiger partial charge in [0, 0.05) is 15.4 Å². The summed E-state index contributed by atoms with van der Waals surface area (Å²) in [5, 5.41) is 4.39. The first-order chi connectivity index (χ1) is 10.1. The average Bonchev–Trinajstić information content (AvgIpc) is 2.92. The topological polar surface area (TPSA) is 44.9 Å². The van der Waals surface area contributed by atoms with Crippen LogP contribution in [0.2, 0.25) is 10.0 Å². The highest BCUT2D eigenvalue weighted by atomic mass is 79.9. The van der Waals surface area contributed by atoms with Crippen LogP contribution >= 0.6 is 39.1 Å². The number of H-pyrrole nitrogens is 1. The van der Waals surface area contributed by atoms with Crippen LogP contribution in [0.3, 0.4) is 0 Å². The Balaban J connectivity index is 1.91. The number of hydrogen-bond donors (Lipinski definition) is 2. The number of nitrogens with one attached hydrogen (secondary N) is 2. The number of fused-ring (bicyclic) bond motifs is 1. The molecule has 0 aliphatic heterocycles. The third-order valence-corrected chi connectivity index (χ3v) is 4.83. The molecular weight excluding hydrogens is 375 g/mol. The minimum Gasteiger partial charge on any atom is -0.351 e. The normalized spacial score (nSPS) is 10.8. The lowest BCUT2D eigenvalue weighted by Crippen LogP contribution is -2.12. The predicted octanol–water partition coefficient (Wildman–Crippen LogP) is 5.49. The van der Waals surface area contributed by atoms with Gasteiger partial charge in [0.05, 0.1) is 15.7 Å². The van der Waals surface area contributed by atoms with Gasteiger partial charge in [-0.1, -0.05) is 41.4 Å². The van der Waals surface area contributed by atoms with Crippen molar-refractivity contribution < 1.29 is 4.79 Å². The van der Waals surface area contributed by atoms with E-state index in [4.69, 9.17) is 23.2 Å². The van der Waals surface area contributed by atoms with Gasteiger partial charge >= 0.3 is 0 Å².